The minimum Gasteiger partial charge on any atom is -0.348 e. The third-order valence-corrected chi connectivity index (χ3v) is 3.51. The molecule has 112 valence electrons. The van der Waals surface area contributed by atoms with Gasteiger partial charge < -0.3 is 9.88 Å². The number of carbonyl (C=O) groups is 1. The lowest BCUT2D eigenvalue weighted by Gasteiger charge is -2.20. The molecule has 4 heteroatoms. The van der Waals surface area contributed by atoms with Crippen LogP contribution in [0.1, 0.15) is 55.4 Å². The summed E-state index contributed by atoms with van der Waals surface area (Å²) in [4.78, 5) is 16.6. The molecule has 0 bridgehead atoms. The molecule has 2 aromatic heterocycles. The van der Waals surface area contributed by atoms with Crippen LogP contribution in [-0.4, -0.2) is 15.5 Å². The smallest absolute Gasteiger partial charge is 0.253 e. The number of rotatable bonds is 3. The van der Waals surface area contributed by atoms with Gasteiger partial charge in [-0.2, -0.15) is 0 Å². The average Bonchev–Trinajstić information content (AvgIpc) is 2.88. The Balaban J connectivity index is 2.07. The second-order valence-electron chi connectivity index (χ2n) is 6.41. The fraction of sp³-hybridized carbons (Fsp3) is 0.412. The molecule has 1 N–H and O–H groups in total. The van der Waals surface area contributed by atoms with Gasteiger partial charge in [0.05, 0.1) is 11.6 Å². The lowest BCUT2D eigenvalue weighted by molar-refractivity contribution is 0.0939. The molecule has 0 aliphatic carbocycles. The summed E-state index contributed by atoms with van der Waals surface area (Å²) in [5.74, 6) is -0.0638. The van der Waals surface area contributed by atoms with Crippen LogP contribution < -0.4 is 5.32 Å². The zero-order valence-electron chi connectivity index (χ0n) is 13.3. The number of amides is 1. The first-order chi connectivity index (χ1) is 9.77. The molecule has 0 aliphatic rings. The number of nitrogens with one attached hydrogen (secondary N) is 1. The quantitative estimate of drug-likeness (QED) is 0.939. The second kappa shape index (κ2) is 5.72. The Bertz CT molecular complexity index is 620. The number of pyridine rings is 1. The molecule has 0 spiro atoms. The molecule has 4 nitrogen and oxygen atoms in total. The Kier molecular flexibility index (Phi) is 4.16. The van der Waals surface area contributed by atoms with Gasteiger partial charge in [0.1, 0.15) is 0 Å². The van der Waals surface area contributed by atoms with Crippen molar-refractivity contribution in [2.75, 3.05) is 0 Å². The number of nitrogens with zero attached hydrogens (tertiary/aromatic N) is 2. The van der Waals surface area contributed by atoms with Crippen LogP contribution in [0, 0.1) is 6.92 Å². The zero-order valence-corrected chi connectivity index (χ0v) is 13.3. The van der Waals surface area contributed by atoms with Crippen LogP contribution in [-0.2, 0) is 5.54 Å². The predicted octanol–water partition coefficient (Wildman–Crippen LogP) is 3.44. The van der Waals surface area contributed by atoms with Crippen molar-refractivity contribution in [3.8, 4) is 0 Å². The minimum absolute atomic E-state index is 0.0228. The largest absolute Gasteiger partial charge is 0.348 e. The summed E-state index contributed by atoms with van der Waals surface area (Å²) in [5.41, 5.74) is 2.63. The van der Waals surface area contributed by atoms with E-state index in [4.69, 9.17) is 0 Å². The van der Waals surface area contributed by atoms with Crippen LogP contribution in [0.15, 0.2) is 36.8 Å². The lowest BCUT2D eigenvalue weighted by atomic mass is 10.1. The van der Waals surface area contributed by atoms with Crippen LogP contribution in [0.3, 0.4) is 0 Å². The van der Waals surface area contributed by atoms with Gasteiger partial charge in [-0.25, -0.2) is 0 Å². The van der Waals surface area contributed by atoms with E-state index in [-0.39, 0.29) is 17.5 Å². The fourth-order valence-electron chi connectivity index (χ4n) is 2.05. The second-order valence-corrected chi connectivity index (χ2v) is 6.41. The van der Waals surface area contributed by atoms with Gasteiger partial charge in [0.25, 0.3) is 5.91 Å². The number of carbonyl (C=O) groups excluding carboxylic acids is 1. The van der Waals surface area contributed by atoms with E-state index in [9.17, 15) is 4.79 Å². The van der Waals surface area contributed by atoms with Gasteiger partial charge >= 0.3 is 0 Å². The molecule has 0 aliphatic heterocycles. The van der Waals surface area contributed by atoms with E-state index in [1.807, 2.05) is 49.0 Å². The highest BCUT2D eigenvalue weighted by Gasteiger charge is 2.16. The first-order valence-electron chi connectivity index (χ1n) is 7.19. The van der Waals surface area contributed by atoms with Gasteiger partial charge in [0.2, 0.25) is 0 Å². The van der Waals surface area contributed by atoms with E-state index in [1.54, 1.807) is 6.20 Å². The maximum absolute atomic E-state index is 12.3. The summed E-state index contributed by atoms with van der Waals surface area (Å²) >= 11 is 0. The van der Waals surface area contributed by atoms with Crippen molar-refractivity contribution in [3.63, 3.8) is 0 Å². The summed E-state index contributed by atoms with van der Waals surface area (Å²) in [6.07, 6.45) is 5.63. The van der Waals surface area contributed by atoms with Crippen molar-refractivity contribution < 1.29 is 4.79 Å². The van der Waals surface area contributed by atoms with Gasteiger partial charge in [-0.15, -0.1) is 0 Å². The van der Waals surface area contributed by atoms with E-state index < -0.39 is 0 Å². The highest BCUT2D eigenvalue weighted by Crippen LogP contribution is 2.17. The zero-order chi connectivity index (χ0) is 15.6. The molecule has 0 aromatic carbocycles. The van der Waals surface area contributed by atoms with E-state index in [2.05, 4.69) is 31.1 Å². The van der Waals surface area contributed by atoms with Crippen LogP contribution in [0.5, 0.6) is 0 Å². The van der Waals surface area contributed by atoms with Crippen LogP contribution in [0.2, 0.25) is 0 Å². The molecule has 1 unspecified atom stereocenters. The Hall–Kier alpha value is -2.10. The van der Waals surface area contributed by atoms with Gasteiger partial charge in [0, 0.05) is 29.8 Å². The van der Waals surface area contributed by atoms with Crippen molar-refractivity contribution in [2.45, 2.75) is 46.2 Å². The summed E-state index contributed by atoms with van der Waals surface area (Å²) in [7, 11) is 0. The Morgan fingerprint density at radius 1 is 1.29 bits per heavy atom. The molecule has 0 radical (unpaired) electrons. The Morgan fingerprint density at radius 2 is 2.00 bits per heavy atom. The average molecular weight is 285 g/mol. The predicted molar refractivity (Wildman–Crippen MR) is 84.3 cm³/mol. The van der Waals surface area contributed by atoms with Crippen LogP contribution >= 0.6 is 0 Å². The summed E-state index contributed by atoms with van der Waals surface area (Å²) in [6.45, 7) is 10.2. The summed E-state index contributed by atoms with van der Waals surface area (Å²) in [6, 6.07) is 5.73. The standard InChI is InChI=1S/C17H23N3O/c1-12-6-7-14(10-18-12)13(2)19-16(21)15-8-9-20(11-15)17(3,4)5/h6-11,13H,1-5H3,(H,19,21). The molecule has 0 fully saturated rings. The SMILES string of the molecule is Cc1ccc(C(C)NC(=O)c2ccn(C(C)(C)C)c2)cn1. The number of hydrogen-bond donors (Lipinski definition) is 1. The topological polar surface area (TPSA) is 46.9 Å². The third kappa shape index (κ3) is 3.72. The summed E-state index contributed by atoms with van der Waals surface area (Å²) in [5, 5.41) is 3.00. The third-order valence-electron chi connectivity index (χ3n) is 3.51. The van der Waals surface area contributed by atoms with E-state index in [1.165, 1.54) is 0 Å². The number of hydrogen-bond acceptors (Lipinski definition) is 2. The monoisotopic (exact) mass is 285 g/mol. The van der Waals surface area contributed by atoms with Crippen LogP contribution in [0.4, 0.5) is 0 Å². The van der Waals surface area contributed by atoms with Gasteiger partial charge in [-0.1, -0.05) is 6.07 Å². The van der Waals surface area contributed by atoms with Crippen LogP contribution in [0.25, 0.3) is 0 Å². The number of aromatic nitrogens is 2. The Morgan fingerprint density at radius 3 is 2.52 bits per heavy atom. The first-order valence-corrected chi connectivity index (χ1v) is 7.19. The van der Waals surface area contributed by atoms with Crippen molar-refractivity contribution >= 4 is 5.91 Å². The van der Waals surface area contributed by atoms with Gasteiger partial charge in [-0.3, -0.25) is 9.78 Å². The lowest BCUT2D eigenvalue weighted by Crippen LogP contribution is -2.26. The molecule has 0 saturated heterocycles. The molecular weight excluding hydrogens is 262 g/mol. The maximum atomic E-state index is 12.3. The van der Waals surface area contributed by atoms with Crippen molar-refractivity contribution in [3.05, 3.63) is 53.6 Å². The molecule has 0 saturated carbocycles. The summed E-state index contributed by atoms with van der Waals surface area (Å²) < 4.78 is 2.04. The van der Waals surface area contributed by atoms with E-state index in [0.717, 1.165) is 11.3 Å². The molecule has 21 heavy (non-hydrogen) atoms. The van der Waals surface area contributed by atoms with Crippen molar-refractivity contribution in [1.29, 1.82) is 0 Å². The van der Waals surface area contributed by atoms with Gasteiger partial charge in [-0.05, 0) is 52.3 Å². The highest BCUT2D eigenvalue weighted by atomic mass is 16.1. The first kappa shape index (κ1) is 15.3. The minimum atomic E-state index is -0.0661. The van der Waals surface area contributed by atoms with E-state index in [0.29, 0.717) is 5.56 Å². The Labute approximate surface area is 126 Å². The molecule has 1 amide bonds. The molecule has 2 heterocycles. The fourth-order valence-corrected chi connectivity index (χ4v) is 2.05. The highest BCUT2D eigenvalue weighted by molar-refractivity contribution is 5.94. The van der Waals surface area contributed by atoms with Crippen molar-refractivity contribution in [2.24, 2.45) is 0 Å². The number of aryl methyl sites for hydroxylation is 1. The van der Waals surface area contributed by atoms with Crippen molar-refractivity contribution in [1.82, 2.24) is 14.9 Å². The molecule has 2 rings (SSSR count). The molecule has 2 aromatic rings. The molecule has 1 atom stereocenters. The van der Waals surface area contributed by atoms with E-state index >= 15 is 0 Å². The maximum Gasteiger partial charge on any atom is 0.253 e. The molecular formula is C17H23N3O. The van der Waals surface area contributed by atoms with Gasteiger partial charge in [0.15, 0.2) is 0 Å². The normalized spacial score (nSPS) is 13.0.